The van der Waals surface area contributed by atoms with Crippen LogP contribution in [0, 0.1) is 12.8 Å². The smallest absolute Gasteiger partial charge is 0.211 e. The van der Waals surface area contributed by atoms with Crippen molar-refractivity contribution in [2.24, 2.45) is 5.92 Å². The van der Waals surface area contributed by atoms with E-state index in [1.54, 1.807) is 21.8 Å². The Bertz CT molecular complexity index is 771. The van der Waals surface area contributed by atoms with Gasteiger partial charge in [-0.05, 0) is 37.3 Å². The van der Waals surface area contributed by atoms with Crippen LogP contribution in [0.1, 0.15) is 17.7 Å². The fraction of sp³-hybridized carbons (Fsp3) is 0.467. The minimum Gasteiger partial charge on any atom is -0.253 e. The van der Waals surface area contributed by atoms with Gasteiger partial charge < -0.3 is 0 Å². The quantitative estimate of drug-likeness (QED) is 0.859. The second-order valence-electron chi connectivity index (χ2n) is 5.79. The second kappa shape index (κ2) is 6.06. The van der Waals surface area contributed by atoms with E-state index in [0.29, 0.717) is 19.0 Å². The largest absolute Gasteiger partial charge is 0.253 e. The molecule has 1 unspecified atom stereocenters. The van der Waals surface area contributed by atoms with Crippen molar-refractivity contribution in [2.45, 2.75) is 19.8 Å². The molecule has 0 saturated carbocycles. The van der Waals surface area contributed by atoms with Crippen molar-refractivity contribution in [2.75, 3.05) is 19.3 Å². The van der Waals surface area contributed by atoms with Crippen LogP contribution in [0.4, 0.5) is 0 Å². The van der Waals surface area contributed by atoms with Gasteiger partial charge in [0.1, 0.15) is 10.7 Å². The number of thiazole rings is 1. The predicted molar refractivity (Wildman–Crippen MR) is 88.3 cm³/mol. The molecule has 0 N–H and O–H groups in total. The van der Waals surface area contributed by atoms with Crippen LogP contribution in [0.3, 0.4) is 0 Å². The highest BCUT2D eigenvalue weighted by Crippen LogP contribution is 2.29. The average Bonchev–Trinajstić information content (AvgIpc) is 3.08. The average molecular weight is 337 g/mol. The van der Waals surface area contributed by atoms with Gasteiger partial charge in [-0.1, -0.05) is 6.07 Å². The Labute approximate surface area is 135 Å². The standard InChI is InChI=1S/C15H19N3O2S2/c1-11-10-21-15(17-11)14-13(4-3-6-16-14)8-12-5-7-18(9-12)22(2,19)20/h3-4,6,10,12H,5,7-9H2,1-2H3. The van der Waals surface area contributed by atoms with Crippen LogP contribution < -0.4 is 0 Å². The van der Waals surface area contributed by atoms with E-state index in [-0.39, 0.29) is 0 Å². The van der Waals surface area contributed by atoms with Gasteiger partial charge in [-0.2, -0.15) is 0 Å². The maximum absolute atomic E-state index is 11.6. The monoisotopic (exact) mass is 337 g/mol. The number of nitrogens with zero attached hydrogens (tertiary/aromatic N) is 3. The van der Waals surface area contributed by atoms with E-state index in [9.17, 15) is 8.42 Å². The molecule has 0 radical (unpaired) electrons. The summed E-state index contributed by atoms with van der Waals surface area (Å²) in [5.74, 6) is 0.346. The van der Waals surface area contributed by atoms with E-state index in [1.807, 2.05) is 18.4 Å². The van der Waals surface area contributed by atoms with Gasteiger partial charge in [0.2, 0.25) is 10.0 Å². The van der Waals surface area contributed by atoms with Gasteiger partial charge in [-0.3, -0.25) is 4.98 Å². The molecule has 3 rings (SSSR count). The molecule has 5 nitrogen and oxygen atoms in total. The molecule has 3 heterocycles. The Kier molecular flexibility index (Phi) is 4.29. The third-order valence-electron chi connectivity index (χ3n) is 3.94. The first-order chi connectivity index (χ1) is 10.4. The van der Waals surface area contributed by atoms with Crippen molar-refractivity contribution in [1.82, 2.24) is 14.3 Å². The van der Waals surface area contributed by atoms with Crippen LogP contribution in [0.25, 0.3) is 10.7 Å². The summed E-state index contributed by atoms with van der Waals surface area (Å²) < 4.78 is 24.8. The van der Waals surface area contributed by atoms with Crippen LogP contribution in [-0.2, 0) is 16.4 Å². The first kappa shape index (κ1) is 15.6. The summed E-state index contributed by atoms with van der Waals surface area (Å²) in [6.45, 7) is 3.20. The lowest BCUT2D eigenvalue weighted by atomic mass is 9.98. The molecule has 0 aliphatic carbocycles. The van der Waals surface area contributed by atoms with Crippen LogP contribution in [0.2, 0.25) is 0 Å². The minimum atomic E-state index is -3.08. The van der Waals surface area contributed by atoms with Gasteiger partial charge in [-0.25, -0.2) is 17.7 Å². The van der Waals surface area contributed by atoms with E-state index >= 15 is 0 Å². The molecule has 22 heavy (non-hydrogen) atoms. The molecule has 0 bridgehead atoms. The van der Waals surface area contributed by atoms with Crippen molar-refractivity contribution < 1.29 is 8.42 Å². The fourth-order valence-electron chi connectivity index (χ4n) is 2.83. The highest BCUT2D eigenvalue weighted by molar-refractivity contribution is 7.88. The zero-order valence-electron chi connectivity index (χ0n) is 12.7. The van der Waals surface area contributed by atoms with Crippen LogP contribution in [-0.4, -0.2) is 42.0 Å². The van der Waals surface area contributed by atoms with Gasteiger partial charge in [-0.15, -0.1) is 11.3 Å². The first-order valence-electron chi connectivity index (χ1n) is 7.25. The van der Waals surface area contributed by atoms with Gasteiger partial charge in [0.15, 0.2) is 0 Å². The Morgan fingerprint density at radius 3 is 2.91 bits per heavy atom. The minimum absolute atomic E-state index is 0.346. The van der Waals surface area contributed by atoms with Crippen molar-refractivity contribution >= 4 is 21.4 Å². The molecule has 0 amide bonds. The predicted octanol–water partition coefficient (Wildman–Crippen LogP) is 2.34. The van der Waals surface area contributed by atoms with Crippen molar-refractivity contribution in [3.63, 3.8) is 0 Å². The summed E-state index contributed by atoms with van der Waals surface area (Å²) in [7, 11) is -3.08. The van der Waals surface area contributed by atoms with E-state index < -0.39 is 10.0 Å². The van der Waals surface area contributed by atoms with E-state index in [4.69, 9.17) is 0 Å². The highest BCUT2D eigenvalue weighted by atomic mass is 32.2. The summed E-state index contributed by atoms with van der Waals surface area (Å²) >= 11 is 1.60. The van der Waals surface area contributed by atoms with E-state index in [2.05, 4.69) is 16.0 Å². The van der Waals surface area contributed by atoms with Crippen LogP contribution in [0.15, 0.2) is 23.7 Å². The molecule has 1 saturated heterocycles. The van der Waals surface area contributed by atoms with Gasteiger partial charge in [0.25, 0.3) is 0 Å². The van der Waals surface area contributed by atoms with Crippen LogP contribution in [0.5, 0.6) is 0 Å². The molecule has 2 aromatic rings. The maximum atomic E-state index is 11.6. The first-order valence-corrected chi connectivity index (χ1v) is 9.98. The Balaban J connectivity index is 1.80. The molecule has 0 aromatic carbocycles. The Morgan fingerprint density at radius 1 is 1.45 bits per heavy atom. The number of pyridine rings is 1. The molecular weight excluding hydrogens is 318 g/mol. The van der Waals surface area contributed by atoms with E-state index in [1.165, 1.54) is 6.26 Å². The Morgan fingerprint density at radius 2 is 2.27 bits per heavy atom. The highest BCUT2D eigenvalue weighted by Gasteiger charge is 2.29. The zero-order valence-corrected chi connectivity index (χ0v) is 14.3. The third-order valence-corrected chi connectivity index (χ3v) is 6.18. The zero-order chi connectivity index (χ0) is 15.7. The number of hydrogen-bond acceptors (Lipinski definition) is 5. The summed E-state index contributed by atoms with van der Waals surface area (Å²) in [6, 6.07) is 4.00. The number of aryl methyl sites for hydroxylation is 1. The summed E-state index contributed by atoms with van der Waals surface area (Å²) in [5, 5.41) is 2.96. The van der Waals surface area contributed by atoms with Crippen molar-refractivity contribution in [3.8, 4) is 10.7 Å². The molecule has 1 aliphatic heterocycles. The molecular formula is C15H19N3O2S2. The van der Waals surface area contributed by atoms with Gasteiger partial charge in [0.05, 0.1) is 6.26 Å². The molecule has 118 valence electrons. The summed E-state index contributed by atoms with van der Waals surface area (Å²) in [4.78, 5) is 9.01. The lowest BCUT2D eigenvalue weighted by molar-refractivity contribution is 0.460. The van der Waals surface area contributed by atoms with Crippen LogP contribution >= 0.6 is 11.3 Å². The number of rotatable bonds is 4. The summed E-state index contributed by atoms with van der Waals surface area (Å²) in [6.07, 6.45) is 4.81. The summed E-state index contributed by atoms with van der Waals surface area (Å²) in [5.41, 5.74) is 3.08. The molecule has 1 atom stereocenters. The lowest BCUT2D eigenvalue weighted by Gasteiger charge is -2.14. The number of sulfonamides is 1. The normalized spacial score (nSPS) is 19.6. The fourth-order valence-corrected chi connectivity index (χ4v) is 4.58. The SMILES string of the molecule is Cc1csc(-c2ncccc2CC2CCN(S(C)(=O)=O)C2)n1. The molecule has 1 aliphatic rings. The number of aromatic nitrogens is 2. The third kappa shape index (κ3) is 3.37. The maximum Gasteiger partial charge on any atom is 0.211 e. The van der Waals surface area contributed by atoms with E-state index in [0.717, 1.165) is 34.8 Å². The molecule has 1 fully saturated rings. The lowest BCUT2D eigenvalue weighted by Crippen LogP contribution is -2.27. The van der Waals surface area contributed by atoms with Gasteiger partial charge in [0, 0.05) is 30.4 Å². The topological polar surface area (TPSA) is 63.2 Å². The molecule has 7 heteroatoms. The molecule has 0 spiro atoms. The van der Waals surface area contributed by atoms with Crippen molar-refractivity contribution in [1.29, 1.82) is 0 Å². The van der Waals surface area contributed by atoms with Crippen molar-refractivity contribution in [3.05, 3.63) is 35.0 Å². The molecule has 2 aromatic heterocycles. The Hall–Kier alpha value is -1.31. The number of hydrogen-bond donors (Lipinski definition) is 0. The van der Waals surface area contributed by atoms with Gasteiger partial charge >= 0.3 is 0 Å². The second-order valence-corrected chi connectivity index (χ2v) is 8.63.